The maximum atomic E-state index is 3.51. The van der Waals surface area contributed by atoms with E-state index in [-0.39, 0.29) is 0 Å². The Morgan fingerprint density at radius 2 is 1.17 bits per heavy atom. The van der Waals surface area contributed by atoms with Crippen molar-refractivity contribution in [2.24, 2.45) is 0 Å². The molecule has 0 bridgehead atoms. The maximum Gasteiger partial charge on any atom is 0.0464 e. The van der Waals surface area contributed by atoms with Gasteiger partial charge >= 0.3 is 0 Å². The fourth-order valence-electron chi connectivity index (χ4n) is 3.72. The lowest BCUT2D eigenvalue weighted by molar-refractivity contribution is 1.45. The minimum atomic E-state index is 1.15. The second-order valence-corrected chi connectivity index (χ2v) is 7.18. The molecule has 0 fully saturated rings. The van der Waals surface area contributed by atoms with Crippen LogP contribution in [-0.2, 0) is 0 Å². The Balaban J connectivity index is 1.53. The van der Waals surface area contributed by atoms with Gasteiger partial charge in [-0.3, -0.25) is 0 Å². The molecule has 0 atom stereocenters. The lowest BCUT2D eigenvalue weighted by Crippen LogP contribution is -1.88. The number of benzene rings is 4. The largest absolute Gasteiger partial charge is 0.355 e. The molecule has 5 rings (SSSR count). The Bertz CT molecular complexity index is 1190. The standard InChI is InChI=1S/C28H21N/c1-3-9-22(10-4-1)26(23-11-5-2-6-12-23)19-21-15-17-24(18-16-21)28-20-25-13-7-8-14-27(25)29-28/h1-20,29H. The fraction of sp³-hybridized carbons (Fsp3) is 0. The molecule has 1 N–H and O–H groups in total. The summed E-state index contributed by atoms with van der Waals surface area (Å²) < 4.78 is 0. The van der Waals surface area contributed by atoms with Crippen LogP contribution in [0.1, 0.15) is 16.7 Å². The molecule has 0 saturated heterocycles. The van der Waals surface area contributed by atoms with E-state index in [9.17, 15) is 0 Å². The summed E-state index contributed by atoms with van der Waals surface area (Å²) in [4.78, 5) is 3.51. The van der Waals surface area contributed by atoms with Crippen molar-refractivity contribution >= 4 is 22.6 Å². The molecule has 0 saturated carbocycles. The molecular weight excluding hydrogens is 350 g/mol. The third-order valence-electron chi connectivity index (χ3n) is 5.23. The highest BCUT2D eigenvalue weighted by Crippen LogP contribution is 2.28. The van der Waals surface area contributed by atoms with Gasteiger partial charge in [0.25, 0.3) is 0 Å². The first kappa shape index (κ1) is 17.3. The number of fused-ring (bicyclic) bond motifs is 1. The van der Waals surface area contributed by atoms with Crippen LogP contribution < -0.4 is 0 Å². The molecule has 29 heavy (non-hydrogen) atoms. The normalized spacial score (nSPS) is 10.8. The number of aromatic amines is 1. The Hall–Kier alpha value is -3.84. The number of rotatable bonds is 4. The maximum absolute atomic E-state index is 3.51. The minimum Gasteiger partial charge on any atom is -0.355 e. The van der Waals surface area contributed by atoms with Gasteiger partial charge in [-0.2, -0.15) is 0 Å². The number of aromatic nitrogens is 1. The van der Waals surface area contributed by atoms with Crippen LogP contribution in [0.4, 0.5) is 0 Å². The van der Waals surface area contributed by atoms with E-state index in [4.69, 9.17) is 0 Å². The van der Waals surface area contributed by atoms with Crippen LogP contribution in [0.5, 0.6) is 0 Å². The molecule has 0 radical (unpaired) electrons. The summed E-state index contributed by atoms with van der Waals surface area (Å²) in [5, 5.41) is 1.24. The van der Waals surface area contributed by atoms with Crippen molar-refractivity contribution in [3.63, 3.8) is 0 Å². The fourth-order valence-corrected chi connectivity index (χ4v) is 3.72. The average Bonchev–Trinajstić information content (AvgIpc) is 3.23. The Morgan fingerprint density at radius 3 is 1.79 bits per heavy atom. The third kappa shape index (κ3) is 3.63. The summed E-state index contributed by atoms with van der Waals surface area (Å²) in [6.07, 6.45) is 2.26. The first-order valence-corrected chi connectivity index (χ1v) is 9.87. The van der Waals surface area contributed by atoms with E-state index in [0.29, 0.717) is 0 Å². The molecule has 0 aliphatic carbocycles. The second-order valence-electron chi connectivity index (χ2n) is 7.18. The number of hydrogen-bond donors (Lipinski definition) is 1. The van der Waals surface area contributed by atoms with Gasteiger partial charge in [0, 0.05) is 16.6 Å². The van der Waals surface area contributed by atoms with Gasteiger partial charge in [0.1, 0.15) is 0 Å². The van der Waals surface area contributed by atoms with Crippen LogP contribution in [0.15, 0.2) is 115 Å². The van der Waals surface area contributed by atoms with E-state index in [2.05, 4.69) is 126 Å². The van der Waals surface area contributed by atoms with Gasteiger partial charge in [-0.15, -0.1) is 0 Å². The van der Waals surface area contributed by atoms with Crippen molar-refractivity contribution in [1.29, 1.82) is 0 Å². The molecule has 0 spiro atoms. The molecule has 1 heterocycles. The molecule has 4 aromatic carbocycles. The Labute approximate surface area is 171 Å². The molecular formula is C28H21N. The van der Waals surface area contributed by atoms with E-state index in [0.717, 1.165) is 5.69 Å². The van der Waals surface area contributed by atoms with Gasteiger partial charge in [0.15, 0.2) is 0 Å². The van der Waals surface area contributed by atoms with Crippen molar-refractivity contribution < 1.29 is 0 Å². The highest BCUT2D eigenvalue weighted by molar-refractivity contribution is 5.92. The Morgan fingerprint density at radius 1 is 0.586 bits per heavy atom. The molecule has 138 valence electrons. The summed E-state index contributed by atoms with van der Waals surface area (Å²) in [6.45, 7) is 0. The zero-order valence-electron chi connectivity index (χ0n) is 16.0. The zero-order valence-corrected chi connectivity index (χ0v) is 16.0. The van der Waals surface area contributed by atoms with E-state index >= 15 is 0 Å². The third-order valence-corrected chi connectivity index (χ3v) is 5.23. The number of hydrogen-bond acceptors (Lipinski definition) is 0. The minimum absolute atomic E-state index is 1.15. The van der Waals surface area contributed by atoms with Crippen LogP contribution in [0.2, 0.25) is 0 Å². The predicted molar refractivity (Wildman–Crippen MR) is 124 cm³/mol. The number of H-pyrrole nitrogens is 1. The van der Waals surface area contributed by atoms with Gasteiger partial charge in [0.05, 0.1) is 0 Å². The van der Waals surface area contributed by atoms with Crippen LogP contribution in [0.3, 0.4) is 0 Å². The van der Waals surface area contributed by atoms with Gasteiger partial charge < -0.3 is 4.98 Å². The summed E-state index contributed by atoms with van der Waals surface area (Å²) >= 11 is 0. The average molecular weight is 371 g/mol. The first-order chi connectivity index (χ1) is 14.4. The van der Waals surface area contributed by atoms with Crippen molar-refractivity contribution in [3.8, 4) is 11.3 Å². The lowest BCUT2D eigenvalue weighted by Gasteiger charge is -2.09. The molecule has 1 nitrogen and oxygen atoms in total. The summed E-state index contributed by atoms with van der Waals surface area (Å²) in [7, 11) is 0. The topological polar surface area (TPSA) is 15.8 Å². The molecule has 0 unspecified atom stereocenters. The smallest absolute Gasteiger partial charge is 0.0464 e. The van der Waals surface area contributed by atoms with Crippen LogP contribution in [0.25, 0.3) is 33.8 Å². The van der Waals surface area contributed by atoms with Crippen molar-refractivity contribution in [2.75, 3.05) is 0 Å². The van der Waals surface area contributed by atoms with Gasteiger partial charge in [-0.05, 0) is 46.0 Å². The highest BCUT2D eigenvalue weighted by atomic mass is 14.7. The summed E-state index contributed by atoms with van der Waals surface area (Å²) in [6, 6.07) is 40.5. The number of para-hydroxylation sites is 1. The number of nitrogens with one attached hydrogen (secondary N) is 1. The Kier molecular flexibility index (Phi) is 4.56. The molecule has 5 aromatic rings. The highest BCUT2D eigenvalue weighted by Gasteiger charge is 2.06. The van der Waals surface area contributed by atoms with Crippen molar-refractivity contribution in [3.05, 3.63) is 132 Å². The van der Waals surface area contributed by atoms with Gasteiger partial charge in [-0.25, -0.2) is 0 Å². The predicted octanol–water partition coefficient (Wildman–Crippen LogP) is 7.42. The van der Waals surface area contributed by atoms with E-state index in [1.807, 2.05) is 0 Å². The van der Waals surface area contributed by atoms with Crippen molar-refractivity contribution in [1.82, 2.24) is 4.98 Å². The lowest BCUT2D eigenvalue weighted by atomic mass is 9.95. The zero-order chi connectivity index (χ0) is 19.5. The van der Waals surface area contributed by atoms with Crippen LogP contribution in [0, 0.1) is 0 Å². The molecule has 0 aliphatic rings. The molecule has 0 aliphatic heterocycles. The second kappa shape index (κ2) is 7.65. The quantitative estimate of drug-likeness (QED) is 0.316. The van der Waals surface area contributed by atoms with E-state index < -0.39 is 0 Å². The van der Waals surface area contributed by atoms with Crippen molar-refractivity contribution in [2.45, 2.75) is 0 Å². The van der Waals surface area contributed by atoms with E-state index in [1.54, 1.807) is 0 Å². The van der Waals surface area contributed by atoms with Crippen LogP contribution in [-0.4, -0.2) is 4.98 Å². The monoisotopic (exact) mass is 371 g/mol. The summed E-state index contributed by atoms with van der Waals surface area (Å²) in [5.74, 6) is 0. The molecule has 1 heteroatoms. The van der Waals surface area contributed by atoms with Crippen LogP contribution >= 0.6 is 0 Å². The SMILES string of the molecule is C(=C(c1ccccc1)c1ccccc1)c1ccc(-c2cc3ccccc3[nH]2)cc1. The van der Waals surface area contributed by atoms with Gasteiger partial charge in [0.2, 0.25) is 0 Å². The first-order valence-electron chi connectivity index (χ1n) is 9.87. The van der Waals surface area contributed by atoms with Gasteiger partial charge in [-0.1, -0.05) is 103 Å². The summed E-state index contributed by atoms with van der Waals surface area (Å²) in [5.41, 5.74) is 8.36. The van der Waals surface area contributed by atoms with E-state index in [1.165, 1.54) is 38.7 Å². The molecule has 0 amide bonds. The molecule has 1 aromatic heterocycles.